The topological polar surface area (TPSA) is 101 Å². The second kappa shape index (κ2) is 8.38. The number of nitrogens with zero attached hydrogens (tertiary/aromatic N) is 4. The van der Waals surface area contributed by atoms with Crippen molar-refractivity contribution in [2.75, 3.05) is 18.4 Å². The molecule has 4 rings (SSSR count). The Labute approximate surface area is 173 Å². The average Bonchev–Trinajstić information content (AvgIpc) is 3.13. The summed E-state index contributed by atoms with van der Waals surface area (Å²) < 4.78 is 4.56. The first-order chi connectivity index (χ1) is 14.6. The Hall–Kier alpha value is -3.65. The van der Waals surface area contributed by atoms with Crippen molar-refractivity contribution >= 4 is 17.1 Å². The van der Waals surface area contributed by atoms with Crippen LogP contribution in [-0.2, 0) is 20.1 Å². The molecule has 2 aromatic heterocycles. The van der Waals surface area contributed by atoms with E-state index in [0.29, 0.717) is 36.7 Å². The highest BCUT2D eigenvalue weighted by Gasteiger charge is 2.20. The number of anilines is 1. The summed E-state index contributed by atoms with van der Waals surface area (Å²) in [6, 6.07) is 19.4. The number of rotatable bonds is 7. The van der Waals surface area contributed by atoms with Crippen molar-refractivity contribution in [1.82, 2.24) is 18.7 Å². The summed E-state index contributed by atoms with van der Waals surface area (Å²) in [6.07, 6.45) is 0. The van der Waals surface area contributed by atoms with Crippen LogP contribution in [0, 0.1) is 0 Å². The number of fused-ring (bicyclic) bond motifs is 1. The van der Waals surface area contributed by atoms with Gasteiger partial charge in [-0.2, -0.15) is 4.98 Å². The van der Waals surface area contributed by atoms with Crippen LogP contribution in [0.5, 0.6) is 0 Å². The number of aromatic nitrogens is 4. The first-order valence-corrected chi connectivity index (χ1v) is 9.91. The van der Waals surface area contributed by atoms with Gasteiger partial charge >= 0.3 is 5.69 Å². The molecule has 0 atom stereocenters. The molecular formula is C22H25N6O2+. The molecule has 0 saturated heterocycles. The fraction of sp³-hybridized carbons (Fsp3) is 0.227. The summed E-state index contributed by atoms with van der Waals surface area (Å²) in [5.74, 6) is 0.557. The van der Waals surface area contributed by atoms with E-state index in [-0.39, 0.29) is 17.8 Å². The maximum atomic E-state index is 13.5. The summed E-state index contributed by atoms with van der Waals surface area (Å²) in [5.41, 5.74) is 5.84. The van der Waals surface area contributed by atoms with E-state index in [1.54, 1.807) is 7.05 Å². The molecular weight excluding hydrogens is 380 g/mol. The molecule has 0 fully saturated rings. The molecule has 0 spiro atoms. The summed E-state index contributed by atoms with van der Waals surface area (Å²) in [5, 5.41) is 3.24. The highest BCUT2D eigenvalue weighted by atomic mass is 16.2. The minimum absolute atomic E-state index is 0.209. The van der Waals surface area contributed by atoms with Crippen LogP contribution in [-0.4, -0.2) is 31.8 Å². The van der Waals surface area contributed by atoms with Crippen LogP contribution in [0.25, 0.3) is 11.2 Å². The molecule has 8 heteroatoms. The summed E-state index contributed by atoms with van der Waals surface area (Å²) in [4.78, 5) is 31.0. The van der Waals surface area contributed by atoms with Gasteiger partial charge in [0.15, 0.2) is 11.2 Å². The highest BCUT2D eigenvalue weighted by Crippen LogP contribution is 2.18. The minimum atomic E-state index is -0.385. The number of benzene rings is 2. The lowest BCUT2D eigenvalue weighted by molar-refractivity contribution is -0.362. The number of hydrogen-bond donors (Lipinski definition) is 2. The van der Waals surface area contributed by atoms with Gasteiger partial charge in [-0.3, -0.25) is 18.5 Å². The molecule has 4 N–H and O–H groups in total. The van der Waals surface area contributed by atoms with Gasteiger partial charge in [0, 0.05) is 7.05 Å². The van der Waals surface area contributed by atoms with E-state index in [4.69, 9.17) is 0 Å². The third-order valence-corrected chi connectivity index (χ3v) is 5.06. The lowest BCUT2D eigenvalue weighted by atomic mass is 10.2. The largest absolute Gasteiger partial charge is 0.356 e. The summed E-state index contributed by atoms with van der Waals surface area (Å²) >= 11 is 0. The monoisotopic (exact) mass is 405 g/mol. The SMILES string of the molecule is Cn1c(=O)n(Cc2ccccc2)c(=O)c2c1nc(NCC[NH3+])n2Cc1ccccc1. The minimum Gasteiger partial charge on any atom is -0.356 e. The normalized spacial score (nSPS) is 11.1. The van der Waals surface area contributed by atoms with Crippen LogP contribution in [0.4, 0.5) is 5.95 Å². The van der Waals surface area contributed by atoms with Crippen LogP contribution >= 0.6 is 0 Å². The van der Waals surface area contributed by atoms with Gasteiger partial charge in [0.2, 0.25) is 5.95 Å². The van der Waals surface area contributed by atoms with Crippen LogP contribution in [0.15, 0.2) is 70.3 Å². The molecule has 2 aromatic carbocycles. The predicted molar refractivity (Wildman–Crippen MR) is 117 cm³/mol. The summed E-state index contributed by atoms with van der Waals surface area (Å²) in [6.45, 7) is 1.96. The van der Waals surface area contributed by atoms with Gasteiger partial charge in [-0.1, -0.05) is 60.7 Å². The van der Waals surface area contributed by atoms with Crippen LogP contribution in [0.2, 0.25) is 0 Å². The standard InChI is InChI=1S/C22H24N6O2/c1-26-19-18(20(29)28(22(26)30)15-17-10-6-3-7-11-17)27(21(25-19)24-13-12-23)14-16-8-4-2-5-9-16/h2-11H,12-15,23H2,1H3,(H,24,25)/p+1. The summed E-state index contributed by atoms with van der Waals surface area (Å²) in [7, 11) is 1.65. The van der Waals surface area contributed by atoms with Crippen LogP contribution in [0.1, 0.15) is 11.1 Å². The Kier molecular flexibility index (Phi) is 5.49. The van der Waals surface area contributed by atoms with Crippen molar-refractivity contribution < 1.29 is 5.73 Å². The van der Waals surface area contributed by atoms with Crippen molar-refractivity contribution in [2.24, 2.45) is 7.05 Å². The first kappa shape index (κ1) is 19.7. The third kappa shape index (κ3) is 3.65. The zero-order valence-corrected chi connectivity index (χ0v) is 16.9. The van der Waals surface area contributed by atoms with Gasteiger partial charge in [-0.15, -0.1) is 0 Å². The number of aryl methyl sites for hydroxylation is 1. The van der Waals surface area contributed by atoms with Gasteiger partial charge in [-0.25, -0.2) is 4.79 Å². The Morgan fingerprint density at radius 3 is 2.03 bits per heavy atom. The molecule has 0 saturated carbocycles. The van der Waals surface area contributed by atoms with Gasteiger partial charge in [-0.05, 0) is 11.1 Å². The van der Waals surface area contributed by atoms with E-state index >= 15 is 0 Å². The van der Waals surface area contributed by atoms with E-state index < -0.39 is 0 Å². The number of nitrogens with one attached hydrogen (secondary N) is 1. The molecule has 0 radical (unpaired) electrons. The van der Waals surface area contributed by atoms with E-state index in [2.05, 4.69) is 16.0 Å². The molecule has 0 aliphatic heterocycles. The molecule has 8 nitrogen and oxygen atoms in total. The van der Waals surface area contributed by atoms with Crippen molar-refractivity contribution in [1.29, 1.82) is 0 Å². The molecule has 154 valence electrons. The number of hydrogen-bond acceptors (Lipinski definition) is 4. The fourth-order valence-corrected chi connectivity index (χ4v) is 3.53. The fourth-order valence-electron chi connectivity index (χ4n) is 3.53. The Bertz CT molecular complexity index is 1270. The maximum absolute atomic E-state index is 13.5. The van der Waals surface area contributed by atoms with E-state index in [1.165, 1.54) is 9.13 Å². The van der Waals surface area contributed by atoms with Gasteiger partial charge < -0.3 is 11.1 Å². The van der Waals surface area contributed by atoms with Crippen LogP contribution < -0.4 is 22.3 Å². The molecule has 2 heterocycles. The van der Waals surface area contributed by atoms with Gasteiger partial charge in [0.1, 0.15) is 0 Å². The van der Waals surface area contributed by atoms with Crippen LogP contribution in [0.3, 0.4) is 0 Å². The smallest absolute Gasteiger partial charge is 0.332 e. The molecule has 4 aromatic rings. The second-order valence-electron chi connectivity index (χ2n) is 7.18. The van der Waals surface area contributed by atoms with Crippen molar-refractivity contribution in [3.8, 4) is 0 Å². The van der Waals surface area contributed by atoms with Crippen molar-refractivity contribution in [3.63, 3.8) is 0 Å². The molecule has 0 aliphatic carbocycles. The lowest BCUT2D eigenvalue weighted by Gasteiger charge is -2.11. The second-order valence-corrected chi connectivity index (χ2v) is 7.18. The molecule has 0 amide bonds. The molecule has 0 unspecified atom stereocenters. The average molecular weight is 405 g/mol. The van der Waals surface area contributed by atoms with E-state index in [1.807, 2.05) is 65.2 Å². The molecule has 30 heavy (non-hydrogen) atoms. The number of imidazole rings is 1. The van der Waals surface area contributed by atoms with E-state index in [0.717, 1.165) is 11.1 Å². The van der Waals surface area contributed by atoms with Gasteiger partial charge in [0.05, 0.1) is 26.2 Å². The van der Waals surface area contributed by atoms with Crippen molar-refractivity contribution in [2.45, 2.75) is 13.1 Å². The Morgan fingerprint density at radius 2 is 1.47 bits per heavy atom. The quantitative estimate of drug-likeness (QED) is 0.471. The lowest BCUT2D eigenvalue weighted by Crippen LogP contribution is -2.53. The highest BCUT2D eigenvalue weighted by molar-refractivity contribution is 5.74. The Morgan fingerprint density at radius 1 is 0.900 bits per heavy atom. The maximum Gasteiger partial charge on any atom is 0.332 e. The van der Waals surface area contributed by atoms with E-state index in [9.17, 15) is 9.59 Å². The van der Waals surface area contributed by atoms with Crippen molar-refractivity contribution in [3.05, 3.63) is 92.6 Å². The number of quaternary nitrogens is 1. The molecule has 0 bridgehead atoms. The molecule has 0 aliphatic rings. The zero-order valence-electron chi connectivity index (χ0n) is 16.9. The first-order valence-electron chi connectivity index (χ1n) is 9.91. The predicted octanol–water partition coefficient (Wildman–Crippen LogP) is 0.647. The Balaban J connectivity index is 1.92. The third-order valence-electron chi connectivity index (χ3n) is 5.06. The zero-order chi connectivity index (χ0) is 21.1. The van der Waals surface area contributed by atoms with Gasteiger partial charge in [0.25, 0.3) is 5.56 Å².